The Labute approximate surface area is 133 Å². The van der Waals surface area contributed by atoms with Crippen molar-refractivity contribution in [2.45, 2.75) is 32.7 Å². The zero-order valence-corrected chi connectivity index (χ0v) is 14.4. The molecule has 0 aromatic heterocycles. The van der Waals surface area contributed by atoms with Crippen LogP contribution in [0.2, 0.25) is 0 Å². The van der Waals surface area contributed by atoms with E-state index in [1.54, 1.807) is 0 Å². The third-order valence-electron chi connectivity index (χ3n) is 2.92. The lowest BCUT2D eigenvalue weighted by Gasteiger charge is -2.16. The summed E-state index contributed by atoms with van der Waals surface area (Å²) in [6, 6.07) is 6.29. The molecule has 0 aliphatic carbocycles. The molecule has 5 nitrogen and oxygen atoms in total. The lowest BCUT2D eigenvalue weighted by atomic mass is 10.1. The second kappa shape index (κ2) is 7.91. The monoisotopic (exact) mass is 377 g/mol. The van der Waals surface area contributed by atoms with E-state index in [0.717, 1.165) is 10.0 Å². The van der Waals surface area contributed by atoms with Crippen molar-refractivity contribution < 1.29 is 18.3 Å². The van der Waals surface area contributed by atoms with Gasteiger partial charge in [-0.2, -0.15) is 0 Å². The van der Waals surface area contributed by atoms with Crippen molar-refractivity contribution in [3.05, 3.63) is 34.3 Å². The van der Waals surface area contributed by atoms with Crippen LogP contribution in [-0.2, 0) is 21.2 Å². The van der Waals surface area contributed by atoms with Crippen LogP contribution in [0, 0.1) is 5.92 Å². The number of carboxylic acids is 1. The lowest BCUT2D eigenvalue weighted by Crippen LogP contribution is -2.42. The van der Waals surface area contributed by atoms with Crippen molar-refractivity contribution in [1.29, 1.82) is 0 Å². The molecule has 0 unspecified atom stereocenters. The van der Waals surface area contributed by atoms with Crippen LogP contribution in [0.3, 0.4) is 0 Å². The van der Waals surface area contributed by atoms with Crippen molar-refractivity contribution in [3.8, 4) is 0 Å². The van der Waals surface area contributed by atoms with E-state index < -0.39 is 22.0 Å². The van der Waals surface area contributed by atoms with Crippen LogP contribution in [0.15, 0.2) is 28.7 Å². The number of aliphatic carboxylic acids is 1. The molecular weight excluding hydrogens is 358 g/mol. The van der Waals surface area contributed by atoms with Crippen molar-refractivity contribution >= 4 is 31.9 Å². The SMILES string of the molecule is CC(C)C[C@H](NS(=O)(=O)CCc1ccccc1Br)C(=O)O. The molecule has 1 atom stereocenters. The minimum absolute atomic E-state index is 0.0945. The molecule has 0 saturated carbocycles. The number of sulfonamides is 1. The highest BCUT2D eigenvalue weighted by Crippen LogP contribution is 2.17. The molecule has 0 radical (unpaired) electrons. The molecule has 0 spiro atoms. The lowest BCUT2D eigenvalue weighted by molar-refractivity contribution is -0.139. The van der Waals surface area contributed by atoms with Gasteiger partial charge in [0.2, 0.25) is 10.0 Å². The van der Waals surface area contributed by atoms with E-state index >= 15 is 0 Å². The predicted molar refractivity (Wildman–Crippen MR) is 85.6 cm³/mol. The zero-order valence-electron chi connectivity index (χ0n) is 12.0. The van der Waals surface area contributed by atoms with Crippen LogP contribution < -0.4 is 4.72 Å². The fraction of sp³-hybridized carbons (Fsp3) is 0.500. The summed E-state index contributed by atoms with van der Waals surface area (Å²) >= 11 is 3.36. The number of hydrogen-bond acceptors (Lipinski definition) is 3. The van der Waals surface area contributed by atoms with Gasteiger partial charge in [-0.05, 0) is 30.4 Å². The van der Waals surface area contributed by atoms with Crippen LogP contribution in [-0.4, -0.2) is 31.3 Å². The number of hydrogen-bond donors (Lipinski definition) is 2. The van der Waals surface area contributed by atoms with E-state index in [2.05, 4.69) is 20.7 Å². The highest BCUT2D eigenvalue weighted by Gasteiger charge is 2.24. The topological polar surface area (TPSA) is 83.5 Å². The fourth-order valence-corrected chi connectivity index (χ4v) is 3.61. The van der Waals surface area contributed by atoms with E-state index in [4.69, 9.17) is 5.11 Å². The molecule has 0 fully saturated rings. The van der Waals surface area contributed by atoms with Crippen LogP contribution in [0.4, 0.5) is 0 Å². The van der Waals surface area contributed by atoms with E-state index in [9.17, 15) is 13.2 Å². The molecule has 1 aromatic rings. The minimum Gasteiger partial charge on any atom is -0.480 e. The number of rotatable bonds is 8. The largest absolute Gasteiger partial charge is 0.480 e. The van der Waals surface area contributed by atoms with Crippen LogP contribution in [0.5, 0.6) is 0 Å². The first-order valence-corrected chi connectivity index (χ1v) is 9.12. The van der Waals surface area contributed by atoms with Gasteiger partial charge in [0.1, 0.15) is 6.04 Å². The third-order valence-corrected chi connectivity index (χ3v) is 5.08. The Balaban J connectivity index is 2.68. The standard InChI is InChI=1S/C14H20BrNO4S/c1-10(2)9-13(14(17)18)16-21(19,20)8-7-11-5-3-4-6-12(11)15/h3-6,10,13,16H,7-9H2,1-2H3,(H,17,18)/t13-/m0/s1. The summed E-state index contributed by atoms with van der Waals surface area (Å²) in [5.41, 5.74) is 0.874. The van der Waals surface area contributed by atoms with Gasteiger partial charge in [-0.25, -0.2) is 13.1 Å². The smallest absolute Gasteiger partial charge is 0.321 e. The third kappa shape index (κ3) is 6.58. The molecular formula is C14H20BrNO4S. The average molecular weight is 378 g/mol. The molecule has 7 heteroatoms. The molecule has 0 saturated heterocycles. The van der Waals surface area contributed by atoms with Gasteiger partial charge in [0, 0.05) is 4.47 Å². The maximum Gasteiger partial charge on any atom is 0.321 e. The number of halogens is 1. The first-order chi connectivity index (χ1) is 9.71. The van der Waals surface area contributed by atoms with Crippen LogP contribution in [0.25, 0.3) is 0 Å². The summed E-state index contributed by atoms with van der Waals surface area (Å²) in [6.45, 7) is 3.70. The van der Waals surface area contributed by atoms with Crippen molar-refractivity contribution in [3.63, 3.8) is 0 Å². The first kappa shape index (κ1) is 18.1. The van der Waals surface area contributed by atoms with Gasteiger partial charge in [-0.3, -0.25) is 4.79 Å². The highest BCUT2D eigenvalue weighted by molar-refractivity contribution is 9.10. The maximum absolute atomic E-state index is 12.0. The molecule has 118 valence electrons. The van der Waals surface area contributed by atoms with E-state index in [1.165, 1.54) is 0 Å². The molecule has 1 aromatic carbocycles. The van der Waals surface area contributed by atoms with E-state index in [-0.39, 0.29) is 18.1 Å². The molecule has 0 aliphatic heterocycles. The predicted octanol–water partition coefficient (Wildman–Crippen LogP) is 2.41. The summed E-state index contributed by atoms with van der Waals surface area (Å²) in [4.78, 5) is 11.1. The van der Waals surface area contributed by atoms with Crippen LogP contribution >= 0.6 is 15.9 Å². The summed E-state index contributed by atoms with van der Waals surface area (Å²) in [6.07, 6.45) is 0.592. The van der Waals surface area contributed by atoms with Gasteiger partial charge >= 0.3 is 5.97 Å². The normalized spacial score (nSPS) is 13.3. The molecule has 0 bridgehead atoms. The van der Waals surface area contributed by atoms with Gasteiger partial charge in [0.05, 0.1) is 5.75 Å². The molecule has 0 amide bonds. The van der Waals surface area contributed by atoms with Gasteiger partial charge in [-0.15, -0.1) is 0 Å². The molecule has 0 aliphatic rings. The van der Waals surface area contributed by atoms with Crippen molar-refractivity contribution in [2.24, 2.45) is 5.92 Å². The Morgan fingerprint density at radius 1 is 1.33 bits per heavy atom. The van der Waals surface area contributed by atoms with Crippen molar-refractivity contribution in [2.75, 3.05) is 5.75 Å². The average Bonchev–Trinajstić information content (AvgIpc) is 2.36. The Morgan fingerprint density at radius 2 is 1.95 bits per heavy atom. The quantitative estimate of drug-likeness (QED) is 0.728. The summed E-state index contributed by atoms with van der Waals surface area (Å²) in [5.74, 6) is -1.19. The maximum atomic E-state index is 12.0. The Hall–Kier alpha value is -0.920. The van der Waals surface area contributed by atoms with Crippen LogP contribution in [0.1, 0.15) is 25.8 Å². The number of carbonyl (C=O) groups is 1. The highest BCUT2D eigenvalue weighted by atomic mass is 79.9. The second-order valence-corrected chi connectivity index (χ2v) is 8.03. The minimum atomic E-state index is -3.64. The van der Waals surface area contributed by atoms with Gasteiger partial charge in [0.15, 0.2) is 0 Å². The molecule has 0 heterocycles. The van der Waals surface area contributed by atoms with Gasteiger partial charge in [-0.1, -0.05) is 48.0 Å². The van der Waals surface area contributed by atoms with Crippen molar-refractivity contribution in [1.82, 2.24) is 4.72 Å². The second-order valence-electron chi connectivity index (χ2n) is 5.30. The zero-order chi connectivity index (χ0) is 16.0. The summed E-state index contributed by atoms with van der Waals surface area (Å²) < 4.78 is 27.2. The summed E-state index contributed by atoms with van der Waals surface area (Å²) in [5, 5.41) is 9.08. The van der Waals surface area contributed by atoms with E-state index in [1.807, 2.05) is 38.1 Å². The van der Waals surface area contributed by atoms with Gasteiger partial charge < -0.3 is 5.11 Å². The number of carboxylic acid groups (broad SMARTS) is 1. The molecule has 21 heavy (non-hydrogen) atoms. The van der Waals surface area contributed by atoms with E-state index in [0.29, 0.717) is 6.42 Å². The fourth-order valence-electron chi connectivity index (χ4n) is 1.89. The first-order valence-electron chi connectivity index (χ1n) is 6.67. The number of nitrogens with one attached hydrogen (secondary N) is 1. The summed E-state index contributed by atoms with van der Waals surface area (Å²) in [7, 11) is -3.64. The Kier molecular flexibility index (Phi) is 6.83. The molecule has 1 rings (SSSR count). The number of aryl methyl sites for hydroxylation is 1. The molecule has 2 N–H and O–H groups in total. The Bertz CT molecular complexity index is 586. The van der Waals surface area contributed by atoms with Gasteiger partial charge in [0.25, 0.3) is 0 Å². The Morgan fingerprint density at radius 3 is 2.48 bits per heavy atom. The number of benzene rings is 1.